The Hall–Kier alpha value is -2.80. The predicted molar refractivity (Wildman–Crippen MR) is 101 cm³/mol. The van der Waals surface area contributed by atoms with Crippen LogP contribution >= 0.6 is 0 Å². The van der Waals surface area contributed by atoms with Crippen LogP contribution < -0.4 is 0 Å². The third-order valence-corrected chi connectivity index (χ3v) is 4.73. The number of hydrogen-bond donors (Lipinski definition) is 0. The quantitative estimate of drug-likeness (QED) is 0.705. The minimum Gasteiger partial charge on any atom is -0.347 e. The van der Waals surface area contributed by atoms with Crippen molar-refractivity contribution < 1.29 is 0 Å². The molecule has 24 heavy (non-hydrogen) atoms. The first kappa shape index (κ1) is 14.8. The topological polar surface area (TPSA) is 3.24 Å². The van der Waals surface area contributed by atoms with Crippen LogP contribution in [0.1, 0.15) is 24.0 Å². The van der Waals surface area contributed by atoms with E-state index in [1.807, 2.05) is 0 Å². The third-order valence-electron chi connectivity index (χ3n) is 4.73. The van der Waals surface area contributed by atoms with Gasteiger partial charge in [-0.15, -0.1) is 0 Å². The van der Waals surface area contributed by atoms with Gasteiger partial charge in [0.1, 0.15) is 0 Å². The summed E-state index contributed by atoms with van der Waals surface area (Å²) in [6, 6.07) is 21.7. The standard InChI is InChI=1S/C23H21N/c1-18-12-14-24-15-13-21(19-8-4-2-5-9-19)17-23(24)22(16-18)20-10-6-3-7-11-20/h2-17,22-23H,1H3/t22-,23+/m1/s1. The van der Waals surface area contributed by atoms with Gasteiger partial charge >= 0.3 is 0 Å². The summed E-state index contributed by atoms with van der Waals surface area (Å²) in [5.41, 5.74) is 5.23. The lowest BCUT2D eigenvalue weighted by atomic mass is 9.86. The van der Waals surface area contributed by atoms with Crippen LogP contribution in [0.15, 0.2) is 103 Å². The first-order chi connectivity index (χ1) is 11.8. The van der Waals surface area contributed by atoms with Crippen LogP contribution in [-0.4, -0.2) is 10.9 Å². The average molecular weight is 311 g/mol. The number of fused-ring (bicyclic) bond motifs is 1. The highest BCUT2D eigenvalue weighted by molar-refractivity contribution is 5.75. The van der Waals surface area contributed by atoms with Crippen molar-refractivity contribution >= 4 is 5.57 Å². The molecule has 1 nitrogen and oxygen atoms in total. The lowest BCUT2D eigenvalue weighted by Gasteiger charge is -2.33. The second-order valence-electron chi connectivity index (χ2n) is 6.40. The smallest absolute Gasteiger partial charge is 0.0623 e. The first-order valence-corrected chi connectivity index (χ1v) is 8.46. The molecule has 2 aromatic rings. The van der Waals surface area contributed by atoms with Crippen molar-refractivity contribution in [1.82, 2.24) is 4.90 Å². The zero-order valence-electron chi connectivity index (χ0n) is 13.8. The van der Waals surface area contributed by atoms with Crippen LogP contribution in [0.2, 0.25) is 0 Å². The van der Waals surface area contributed by atoms with E-state index >= 15 is 0 Å². The van der Waals surface area contributed by atoms with Crippen molar-refractivity contribution in [2.45, 2.75) is 18.9 Å². The molecule has 0 fully saturated rings. The minimum absolute atomic E-state index is 0.293. The first-order valence-electron chi connectivity index (χ1n) is 8.46. The minimum atomic E-state index is 0.293. The van der Waals surface area contributed by atoms with Gasteiger partial charge in [0.05, 0.1) is 6.04 Å². The van der Waals surface area contributed by atoms with Gasteiger partial charge in [0.15, 0.2) is 0 Å². The van der Waals surface area contributed by atoms with E-state index in [0.717, 1.165) is 0 Å². The van der Waals surface area contributed by atoms with E-state index < -0.39 is 0 Å². The van der Waals surface area contributed by atoms with Gasteiger partial charge in [-0.2, -0.15) is 0 Å². The third kappa shape index (κ3) is 2.85. The van der Waals surface area contributed by atoms with Gasteiger partial charge in [-0.1, -0.05) is 78.4 Å². The molecule has 2 heterocycles. The Morgan fingerprint density at radius 3 is 2.17 bits per heavy atom. The highest BCUT2D eigenvalue weighted by Gasteiger charge is 2.27. The maximum absolute atomic E-state index is 2.40. The fraction of sp³-hybridized carbons (Fsp3) is 0.130. The maximum Gasteiger partial charge on any atom is 0.0623 e. The summed E-state index contributed by atoms with van der Waals surface area (Å²) in [5, 5.41) is 0. The molecule has 0 spiro atoms. The lowest BCUT2D eigenvalue weighted by molar-refractivity contribution is 0.397. The van der Waals surface area contributed by atoms with E-state index in [0.29, 0.717) is 12.0 Å². The van der Waals surface area contributed by atoms with E-state index in [2.05, 4.69) is 109 Å². The van der Waals surface area contributed by atoms with Crippen LogP contribution in [0, 0.1) is 0 Å². The molecule has 0 aromatic heterocycles. The molecule has 2 atom stereocenters. The number of benzene rings is 2. The van der Waals surface area contributed by atoms with E-state index in [-0.39, 0.29) is 0 Å². The Kier molecular flexibility index (Phi) is 3.92. The van der Waals surface area contributed by atoms with Crippen LogP contribution in [0.4, 0.5) is 0 Å². The highest BCUT2D eigenvalue weighted by Crippen LogP contribution is 2.35. The van der Waals surface area contributed by atoms with E-state index in [1.54, 1.807) is 0 Å². The molecule has 1 heteroatoms. The van der Waals surface area contributed by atoms with E-state index in [4.69, 9.17) is 0 Å². The monoisotopic (exact) mass is 311 g/mol. The van der Waals surface area contributed by atoms with Gasteiger partial charge in [-0.05, 0) is 35.8 Å². The summed E-state index contributed by atoms with van der Waals surface area (Å²) in [4.78, 5) is 2.32. The molecular weight excluding hydrogens is 290 g/mol. The Labute approximate surface area is 143 Å². The molecule has 0 unspecified atom stereocenters. The number of hydrogen-bond acceptors (Lipinski definition) is 1. The van der Waals surface area contributed by atoms with Crippen LogP contribution in [0.3, 0.4) is 0 Å². The lowest BCUT2D eigenvalue weighted by Crippen LogP contribution is -2.31. The fourth-order valence-corrected chi connectivity index (χ4v) is 3.46. The van der Waals surface area contributed by atoms with Gasteiger partial charge in [-0.25, -0.2) is 0 Å². The van der Waals surface area contributed by atoms with Gasteiger partial charge in [0, 0.05) is 18.3 Å². The fourth-order valence-electron chi connectivity index (χ4n) is 3.46. The van der Waals surface area contributed by atoms with Gasteiger partial charge in [0.25, 0.3) is 0 Å². The SMILES string of the molecule is CC1=C[C@H](c2ccccc2)[C@@H]2C=C(c3ccccc3)C=CN2C=C1. The molecule has 0 radical (unpaired) electrons. The zero-order chi connectivity index (χ0) is 16.4. The van der Waals surface area contributed by atoms with Crippen molar-refractivity contribution in [1.29, 1.82) is 0 Å². The molecule has 4 rings (SSSR count). The molecule has 118 valence electrons. The summed E-state index contributed by atoms with van der Waals surface area (Å²) >= 11 is 0. The van der Waals surface area contributed by atoms with Crippen molar-refractivity contribution in [2.24, 2.45) is 0 Å². The van der Waals surface area contributed by atoms with Crippen molar-refractivity contribution in [2.75, 3.05) is 0 Å². The van der Waals surface area contributed by atoms with E-state index in [9.17, 15) is 0 Å². The van der Waals surface area contributed by atoms with Gasteiger partial charge in [0.2, 0.25) is 0 Å². The Morgan fingerprint density at radius 1 is 0.750 bits per heavy atom. The molecule has 0 bridgehead atoms. The molecule has 0 saturated carbocycles. The molecular formula is C23H21N. The molecule has 0 aliphatic carbocycles. The van der Waals surface area contributed by atoms with Gasteiger partial charge < -0.3 is 4.90 Å². The summed E-state index contributed by atoms with van der Waals surface area (Å²) in [5.74, 6) is 0.338. The summed E-state index contributed by atoms with van der Waals surface area (Å²) in [7, 11) is 0. The Bertz CT molecular complexity index is 825. The number of rotatable bonds is 2. The maximum atomic E-state index is 2.40. The second-order valence-corrected chi connectivity index (χ2v) is 6.40. The molecule has 2 aromatic carbocycles. The van der Waals surface area contributed by atoms with Crippen LogP contribution in [0.5, 0.6) is 0 Å². The van der Waals surface area contributed by atoms with Crippen LogP contribution in [0.25, 0.3) is 5.57 Å². The zero-order valence-corrected chi connectivity index (χ0v) is 13.8. The second kappa shape index (κ2) is 6.37. The molecule has 2 aliphatic rings. The molecule has 0 saturated heterocycles. The van der Waals surface area contributed by atoms with Crippen LogP contribution in [-0.2, 0) is 0 Å². The summed E-state index contributed by atoms with van der Waals surface area (Å²) < 4.78 is 0. The van der Waals surface area contributed by atoms with Crippen molar-refractivity contribution in [3.63, 3.8) is 0 Å². The number of allylic oxidation sites excluding steroid dienone is 4. The number of nitrogens with zero attached hydrogens (tertiary/aromatic N) is 1. The summed E-state index contributed by atoms with van der Waals surface area (Å²) in [6.07, 6.45) is 13.6. The Morgan fingerprint density at radius 2 is 1.42 bits per heavy atom. The largest absolute Gasteiger partial charge is 0.347 e. The van der Waals surface area contributed by atoms with Gasteiger partial charge in [-0.3, -0.25) is 0 Å². The normalized spacial score (nSPS) is 22.5. The molecule has 0 amide bonds. The highest BCUT2D eigenvalue weighted by atomic mass is 15.1. The van der Waals surface area contributed by atoms with Crippen molar-refractivity contribution in [3.8, 4) is 0 Å². The molecule has 2 aliphatic heterocycles. The van der Waals surface area contributed by atoms with E-state index in [1.165, 1.54) is 22.3 Å². The Balaban J connectivity index is 1.78. The predicted octanol–water partition coefficient (Wildman–Crippen LogP) is 5.53. The van der Waals surface area contributed by atoms with Crippen molar-refractivity contribution in [3.05, 3.63) is 114 Å². The summed E-state index contributed by atoms with van der Waals surface area (Å²) in [6.45, 7) is 2.18. The average Bonchev–Trinajstić information content (AvgIpc) is 2.82. The molecule has 0 N–H and O–H groups in total.